The van der Waals surface area contributed by atoms with Gasteiger partial charge in [-0.15, -0.1) is 0 Å². The summed E-state index contributed by atoms with van der Waals surface area (Å²) < 4.78 is 7.61. The standard InChI is InChI=1S/C26H33ClN6O2S/c1-17-18(7-11-28-21(17)27)36-19-16-30-23(33-15-12-29-22(19)33)32-13-9-26(10-14-32)8-5-6-20(26)31-24(34)35-25(2,3)4/h7,11-12,15-16,20H,5-6,8-10,13-14H2,1-4H3,(H,31,34)/t20-/m1/s1. The number of halogens is 1. The van der Waals surface area contributed by atoms with Crippen LogP contribution in [0.15, 0.2) is 40.6 Å². The van der Waals surface area contributed by atoms with Gasteiger partial charge in [0.1, 0.15) is 10.8 Å². The molecular formula is C26H33ClN6O2S. The van der Waals surface area contributed by atoms with Gasteiger partial charge >= 0.3 is 6.09 Å². The number of imidazole rings is 1. The molecule has 1 aliphatic heterocycles. The number of piperidine rings is 1. The van der Waals surface area contributed by atoms with Crippen LogP contribution in [0.25, 0.3) is 5.65 Å². The van der Waals surface area contributed by atoms with Gasteiger partial charge in [-0.25, -0.2) is 19.7 Å². The molecule has 36 heavy (non-hydrogen) atoms. The van der Waals surface area contributed by atoms with Gasteiger partial charge in [0.05, 0.1) is 4.90 Å². The summed E-state index contributed by atoms with van der Waals surface area (Å²) in [5, 5.41) is 3.70. The molecule has 1 saturated heterocycles. The minimum atomic E-state index is -0.492. The molecule has 192 valence electrons. The van der Waals surface area contributed by atoms with Crippen LogP contribution >= 0.6 is 23.4 Å². The lowest BCUT2D eigenvalue weighted by molar-refractivity contribution is 0.0442. The maximum absolute atomic E-state index is 12.5. The third-order valence-electron chi connectivity index (χ3n) is 7.33. The highest BCUT2D eigenvalue weighted by Gasteiger charge is 2.46. The van der Waals surface area contributed by atoms with E-state index in [0.29, 0.717) is 5.15 Å². The third kappa shape index (κ3) is 5.00. The molecule has 10 heteroatoms. The lowest BCUT2D eigenvalue weighted by Gasteiger charge is -2.43. The molecule has 0 bridgehead atoms. The lowest BCUT2D eigenvalue weighted by Crippen LogP contribution is -2.51. The molecule has 3 aromatic heterocycles. The van der Waals surface area contributed by atoms with E-state index in [9.17, 15) is 4.79 Å². The highest BCUT2D eigenvalue weighted by Crippen LogP contribution is 2.47. The Bertz CT molecular complexity index is 1270. The molecule has 5 rings (SSSR count). The number of nitrogens with zero attached hydrogens (tertiary/aromatic N) is 5. The molecule has 2 aliphatic rings. The molecule has 1 spiro atoms. The van der Waals surface area contributed by atoms with Crippen molar-refractivity contribution in [1.82, 2.24) is 24.7 Å². The largest absolute Gasteiger partial charge is 0.444 e. The number of carbonyl (C=O) groups is 1. The number of alkyl carbamates (subject to hydrolysis) is 1. The van der Waals surface area contributed by atoms with Crippen molar-refractivity contribution in [3.63, 3.8) is 0 Å². The summed E-state index contributed by atoms with van der Waals surface area (Å²) in [6, 6.07) is 2.12. The van der Waals surface area contributed by atoms with Crippen LogP contribution in [0.2, 0.25) is 5.15 Å². The first kappa shape index (κ1) is 25.1. The lowest BCUT2D eigenvalue weighted by atomic mass is 9.74. The smallest absolute Gasteiger partial charge is 0.407 e. The molecule has 4 heterocycles. The Balaban J connectivity index is 1.31. The fourth-order valence-electron chi connectivity index (χ4n) is 5.48. The highest BCUT2D eigenvalue weighted by molar-refractivity contribution is 7.99. The number of anilines is 1. The molecule has 0 unspecified atom stereocenters. The minimum absolute atomic E-state index is 0.120. The number of fused-ring (bicyclic) bond motifs is 1. The normalized spacial score (nSPS) is 19.7. The molecule has 1 amide bonds. The van der Waals surface area contributed by atoms with Crippen LogP contribution in [0, 0.1) is 12.3 Å². The topological polar surface area (TPSA) is 84.7 Å². The van der Waals surface area contributed by atoms with Gasteiger partial charge in [-0.05, 0) is 64.9 Å². The van der Waals surface area contributed by atoms with Gasteiger partial charge in [-0.3, -0.25) is 4.40 Å². The van der Waals surface area contributed by atoms with E-state index in [1.165, 1.54) is 0 Å². The van der Waals surface area contributed by atoms with Crippen LogP contribution in [0.1, 0.15) is 58.4 Å². The average molecular weight is 529 g/mol. The van der Waals surface area contributed by atoms with Gasteiger partial charge in [0.15, 0.2) is 5.65 Å². The van der Waals surface area contributed by atoms with Crippen LogP contribution in [0.5, 0.6) is 0 Å². The summed E-state index contributed by atoms with van der Waals surface area (Å²) in [7, 11) is 0. The maximum atomic E-state index is 12.5. The first-order valence-electron chi connectivity index (χ1n) is 12.5. The van der Waals surface area contributed by atoms with Crippen LogP contribution in [0.3, 0.4) is 0 Å². The van der Waals surface area contributed by atoms with Gasteiger partial charge in [0.2, 0.25) is 5.95 Å². The van der Waals surface area contributed by atoms with Crippen molar-refractivity contribution in [1.29, 1.82) is 0 Å². The molecule has 1 saturated carbocycles. The zero-order valence-electron chi connectivity index (χ0n) is 21.3. The number of carbonyl (C=O) groups excluding carboxylic acids is 1. The second kappa shape index (κ2) is 9.74. The van der Waals surface area contributed by atoms with Gasteiger partial charge < -0.3 is 15.0 Å². The zero-order chi connectivity index (χ0) is 25.5. The molecule has 3 aromatic rings. The Morgan fingerprint density at radius 3 is 2.69 bits per heavy atom. The second-order valence-electron chi connectivity index (χ2n) is 10.8. The monoisotopic (exact) mass is 528 g/mol. The first-order valence-corrected chi connectivity index (χ1v) is 13.7. The number of aromatic nitrogens is 4. The van der Waals surface area contributed by atoms with Crippen molar-refractivity contribution >= 4 is 41.1 Å². The fraction of sp³-hybridized carbons (Fsp3) is 0.538. The van der Waals surface area contributed by atoms with E-state index < -0.39 is 5.60 Å². The van der Waals surface area contributed by atoms with Crippen LogP contribution in [-0.4, -0.2) is 50.2 Å². The molecule has 0 radical (unpaired) electrons. The molecule has 1 aliphatic carbocycles. The van der Waals surface area contributed by atoms with Crippen molar-refractivity contribution in [3.05, 3.63) is 41.6 Å². The fourth-order valence-corrected chi connectivity index (χ4v) is 6.65. The predicted octanol–water partition coefficient (Wildman–Crippen LogP) is 5.90. The summed E-state index contributed by atoms with van der Waals surface area (Å²) in [6.07, 6.45) is 12.4. The number of hydrogen-bond acceptors (Lipinski definition) is 7. The summed E-state index contributed by atoms with van der Waals surface area (Å²) in [4.78, 5) is 30.5. The first-order chi connectivity index (χ1) is 17.2. The number of nitrogens with one attached hydrogen (secondary N) is 1. The van der Waals surface area contributed by atoms with Crippen molar-refractivity contribution in [2.75, 3.05) is 18.0 Å². The number of amides is 1. The van der Waals surface area contributed by atoms with E-state index in [1.807, 2.05) is 52.4 Å². The quantitative estimate of drug-likeness (QED) is 0.422. The van der Waals surface area contributed by atoms with E-state index >= 15 is 0 Å². The number of ether oxygens (including phenoxy) is 1. The Morgan fingerprint density at radius 1 is 1.17 bits per heavy atom. The number of rotatable bonds is 4. The van der Waals surface area contributed by atoms with Crippen molar-refractivity contribution in [3.8, 4) is 0 Å². The van der Waals surface area contributed by atoms with Crippen molar-refractivity contribution < 1.29 is 9.53 Å². The Kier molecular flexibility index (Phi) is 6.80. The van der Waals surface area contributed by atoms with Crippen molar-refractivity contribution in [2.24, 2.45) is 5.41 Å². The summed E-state index contributed by atoms with van der Waals surface area (Å²) in [6.45, 7) is 9.44. The van der Waals surface area contributed by atoms with Gasteiger partial charge in [0, 0.05) is 54.4 Å². The summed E-state index contributed by atoms with van der Waals surface area (Å²) in [5.74, 6) is 0.904. The SMILES string of the molecule is Cc1c(Sc2cnc(N3CCC4(CCC[C@H]4NC(=O)OC(C)(C)C)CC3)n3ccnc23)ccnc1Cl. The third-order valence-corrected chi connectivity index (χ3v) is 8.88. The van der Waals surface area contributed by atoms with E-state index in [1.54, 1.807) is 18.0 Å². The second-order valence-corrected chi connectivity index (χ2v) is 12.3. The van der Waals surface area contributed by atoms with Crippen LogP contribution < -0.4 is 10.2 Å². The highest BCUT2D eigenvalue weighted by atomic mass is 35.5. The molecular weight excluding hydrogens is 496 g/mol. The summed E-state index contributed by atoms with van der Waals surface area (Å²) in [5.41, 5.74) is 1.46. The molecule has 1 atom stereocenters. The van der Waals surface area contributed by atoms with Gasteiger partial charge in [0.25, 0.3) is 0 Å². The van der Waals surface area contributed by atoms with Crippen molar-refractivity contribution in [2.45, 2.75) is 81.2 Å². The number of hydrogen-bond donors (Lipinski definition) is 1. The van der Waals surface area contributed by atoms with E-state index in [-0.39, 0.29) is 17.6 Å². The molecule has 2 fully saturated rings. The van der Waals surface area contributed by atoms with Gasteiger partial charge in [-0.1, -0.05) is 29.8 Å². The Hall–Kier alpha value is -2.52. The van der Waals surface area contributed by atoms with Crippen LogP contribution in [-0.2, 0) is 4.74 Å². The predicted molar refractivity (Wildman–Crippen MR) is 142 cm³/mol. The summed E-state index contributed by atoms with van der Waals surface area (Å²) >= 11 is 7.83. The minimum Gasteiger partial charge on any atom is -0.444 e. The Morgan fingerprint density at radius 2 is 1.94 bits per heavy atom. The Labute approximate surface area is 221 Å². The molecule has 1 N–H and O–H groups in total. The number of pyridine rings is 1. The zero-order valence-corrected chi connectivity index (χ0v) is 22.8. The van der Waals surface area contributed by atoms with E-state index in [2.05, 4.69) is 24.6 Å². The van der Waals surface area contributed by atoms with E-state index in [4.69, 9.17) is 21.3 Å². The molecule has 0 aromatic carbocycles. The molecule has 8 nitrogen and oxygen atoms in total. The van der Waals surface area contributed by atoms with Gasteiger partial charge in [-0.2, -0.15) is 0 Å². The average Bonchev–Trinajstić information content (AvgIpc) is 3.45. The maximum Gasteiger partial charge on any atom is 0.407 e. The van der Waals surface area contributed by atoms with E-state index in [0.717, 1.165) is 72.1 Å². The van der Waals surface area contributed by atoms with Crippen LogP contribution in [0.4, 0.5) is 10.7 Å².